The number of carbonyl (C=O) groups is 1. The summed E-state index contributed by atoms with van der Waals surface area (Å²) >= 11 is 1.69. The monoisotopic (exact) mass is 912 g/mol. The molecule has 0 bridgehead atoms. The highest BCUT2D eigenvalue weighted by Gasteiger charge is 2.32. The van der Waals surface area contributed by atoms with Gasteiger partial charge in [0.05, 0.1) is 29.6 Å². The number of fused-ring (bicyclic) bond motifs is 3. The number of aliphatic carboxylic acids is 1. The van der Waals surface area contributed by atoms with Crippen LogP contribution in [0.1, 0.15) is 62.0 Å². The summed E-state index contributed by atoms with van der Waals surface area (Å²) in [5.74, 6) is 0.681. The number of carboxylic acids is 1. The topological polar surface area (TPSA) is 128 Å². The summed E-state index contributed by atoms with van der Waals surface area (Å²) in [5, 5.41) is 14.6. The quantitative estimate of drug-likeness (QED) is 0.0313. The Labute approximate surface area is 386 Å². The van der Waals surface area contributed by atoms with E-state index >= 15 is 0 Å². The third kappa shape index (κ3) is 10.8. The van der Waals surface area contributed by atoms with Crippen molar-refractivity contribution in [2.24, 2.45) is 0 Å². The second-order valence-electron chi connectivity index (χ2n) is 16.7. The molecule has 0 radical (unpaired) electrons. The summed E-state index contributed by atoms with van der Waals surface area (Å²) in [6.45, 7) is 10.2. The molecule has 0 fully saturated rings. The lowest BCUT2D eigenvalue weighted by atomic mass is 9.93. The van der Waals surface area contributed by atoms with Crippen molar-refractivity contribution in [2.45, 2.75) is 83.4 Å². The Morgan fingerprint density at radius 3 is 2.46 bits per heavy atom. The molecular formula is C52H58N5O6S2+. The number of aryl methyl sites for hydroxylation is 3. The zero-order chi connectivity index (χ0) is 45.5. The summed E-state index contributed by atoms with van der Waals surface area (Å²) in [6, 6.07) is 38.5. The van der Waals surface area contributed by atoms with E-state index in [1.165, 1.54) is 16.6 Å². The van der Waals surface area contributed by atoms with Crippen LogP contribution in [-0.4, -0.2) is 60.2 Å². The van der Waals surface area contributed by atoms with E-state index in [0.29, 0.717) is 32.0 Å². The third-order valence-corrected chi connectivity index (χ3v) is 14.2. The number of aromatic nitrogens is 2. The molecule has 1 unspecified atom stereocenters. The van der Waals surface area contributed by atoms with Gasteiger partial charge in [0.1, 0.15) is 18.5 Å². The van der Waals surface area contributed by atoms with Gasteiger partial charge < -0.3 is 19.6 Å². The van der Waals surface area contributed by atoms with Gasteiger partial charge in [-0.15, -0.1) is 0 Å². The molecule has 65 heavy (non-hydrogen) atoms. The normalized spacial score (nSPS) is 15.7. The lowest BCUT2D eigenvalue weighted by Crippen LogP contribution is -2.45. The molecule has 8 rings (SSSR count). The number of unbranched alkanes of at least 4 members (excludes halogenated alkanes) is 1. The number of ether oxygens (including phenoxy) is 1. The lowest BCUT2D eigenvalue weighted by Gasteiger charge is -2.36. The maximum Gasteiger partial charge on any atom is 0.326 e. The first-order valence-corrected chi connectivity index (χ1v) is 25.0. The van der Waals surface area contributed by atoms with Crippen molar-refractivity contribution in [3.8, 4) is 16.9 Å². The van der Waals surface area contributed by atoms with Crippen LogP contribution in [-0.2, 0) is 41.0 Å². The third-order valence-electron chi connectivity index (χ3n) is 12.2. The van der Waals surface area contributed by atoms with Crippen molar-refractivity contribution in [1.29, 1.82) is 0 Å². The van der Waals surface area contributed by atoms with Crippen molar-refractivity contribution >= 4 is 56.3 Å². The van der Waals surface area contributed by atoms with Gasteiger partial charge in [-0.25, -0.2) is 13.9 Å². The van der Waals surface area contributed by atoms with Crippen LogP contribution in [0.25, 0.3) is 28.2 Å². The van der Waals surface area contributed by atoms with E-state index in [0.717, 1.165) is 93.8 Å². The van der Waals surface area contributed by atoms with Gasteiger partial charge in [0.15, 0.2) is 11.0 Å². The number of thioether (sulfide) groups is 1. The van der Waals surface area contributed by atoms with E-state index < -0.39 is 22.1 Å². The Balaban J connectivity index is 0.963. The molecular weight excluding hydrogens is 855 g/mol. The minimum absolute atomic E-state index is 0.290. The Morgan fingerprint density at radius 2 is 1.69 bits per heavy atom. The van der Waals surface area contributed by atoms with Gasteiger partial charge in [0.2, 0.25) is 0 Å². The van der Waals surface area contributed by atoms with E-state index in [9.17, 15) is 22.9 Å². The molecule has 2 aliphatic rings. The molecule has 0 amide bonds. The van der Waals surface area contributed by atoms with Gasteiger partial charge in [-0.2, -0.15) is 8.42 Å². The first kappa shape index (κ1) is 45.7. The van der Waals surface area contributed by atoms with Crippen molar-refractivity contribution in [3.63, 3.8) is 0 Å². The largest absolute Gasteiger partial charge is 0.480 e. The smallest absolute Gasteiger partial charge is 0.326 e. The summed E-state index contributed by atoms with van der Waals surface area (Å²) < 4.78 is 44.1. The van der Waals surface area contributed by atoms with Crippen LogP contribution in [0.3, 0.4) is 0 Å². The highest BCUT2D eigenvalue weighted by atomic mass is 32.2. The zero-order valence-electron chi connectivity index (χ0n) is 37.3. The van der Waals surface area contributed by atoms with Crippen molar-refractivity contribution in [2.75, 3.05) is 35.4 Å². The Bertz CT molecular complexity index is 2840. The predicted molar refractivity (Wildman–Crippen MR) is 262 cm³/mol. The number of nitrogens with one attached hydrogen (secondary N) is 1. The summed E-state index contributed by atoms with van der Waals surface area (Å²) in [4.78, 5) is 17.5. The predicted octanol–water partition coefficient (Wildman–Crippen LogP) is 9.87. The molecule has 0 aliphatic carbocycles. The highest BCUT2D eigenvalue weighted by Crippen LogP contribution is 2.48. The van der Waals surface area contributed by atoms with E-state index in [2.05, 4.69) is 107 Å². The molecule has 13 heteroatoms. The SMILES string of the molecule is CC/C(C=C1Sc2ccc(-c3ccccc3)cc2N1CCCS(=O)(=O)O)=C\c1n(CCCCNCOc2cccc(N3Cc4ccccc4CC3C(=O)O)c2)c2cc(C)ccc2[n+]1CC. The van der Waals surface area contributed by atoms with Crippen LogP contribution in [0.4, 0.5) is 11.4 Å². The second kappa shape index (κ2) is 20.5. The molecule has 11 nitrogen and oxygen atoms in total. The molecule has 338 valence electrons. The maximum absolute atomic E-state index is 12.3. The van der Waals surface area contributed by atoms with Gasteiger partial charge in [0, 0.05) is 42.2 Å². The molecule has 2 aliphatic heterocycles. The number of hydrogen-bond acceptors (Lipinski definition) is 8. The summed E-state index contributed by atoms with van der Waals surface area (Å²) in [6.07, 6.45) is 7.96. The lowest BCUT2D eigenvalue weighted by molar-refractivity contribution is -0.670. The van der Waals surface area contributed by atoms with Gasteiger partial charge in [0.25, 0.3) is 15.9 Å². The molecule has 3 heterocycles. The first-order chi connectivity index (χ1) is 31.5. The number of benzene rings is 5. The van der Waals surface area contributed by atoms with Crippen LogP contribution in [0, 0.1) is 6.92 Å². The number of hydrogen-bond donors (Lipinski definition) is 3. The van der Waals surface area contributed by atoms with Gasteiger partial charge in [-0.05, 0) is 122 Å². The highest BCUT2D eigenvalue weighted by molar-refractivity contribution is 8.03. The number of rotatable bonds is 19. The standard InChI is InChI=1S/C52H57N5O6S2/c1-4-38(31-51-56(27-14-28-65(60,61)62)47-32-41(22-24-49(47)64-51)39-15-7-6-8-16-39)30-50-54(5-2)45-23-21-37(3)29-46(45)55(50)26-12-11-25-53-36-63-44-20-13-19-43(34-44)57-35-42-18-10-9-17-40(42)33-48(57)52(58)59/h6-10,13,15-24,29-32,34,48,53H,4-5,11-12,14,25-28,33,35-36H2,1-3H3,(H-,58,59,60,61,62)/p+1. The molecule has 3 N–H and O–H groups in total. The van der Waals surface area contributed by atoms with Crippen molar-refractivity contribution in [3.05, 3.63) is 154 Å². The fourth-order valence-electron chi connectivity index (χ4n) is 8.91. The van der Waals surface area contributed by atoms with Gasteiger partial charge in [-0.3, -0.25) is 9.87 Å². The van der Waals surface area contributed by atoms with Gasteiger partial charge in [-0.1, -0.05) is 91.5 Å². The molecule has 0 saturated carbocycles. The summed E-state index contributed by atoms with van der Waals surface area (Å²) in [5.41, 5.74) is 11.0. The average Bonchev–Trinajstić information content (AvgIpc) is 3.79. The van der Waals surface area contributed by atoms with Crippen molar-refractivity contribution < 1.29 is 32.2 Å². The van der Waals surface area contributed by atoms with Crippen LogP contribution in [0.15, 0.2) is 137 Å². The van der Waals surface area contributed by atoms with Crippen molar-refractivity contribution in [1.82, 2.24) is 9.88 Å². The molecule has 6 aromatic rings. The Hall–Kier alpha value is -5.86. The van der Waals surface area contributed by atoms with E-state index in [1.807, 2.05) is 65.6 Å². The molecule has 1 aromatic heterocycles. The van der Waals surface area contributed by atoms with Crippen LogP contribution < -0.4 is 24.4 Å². The number of nitrogens with zero attached hydrogens (tertiary/aromatic N) is 4. The van der Waals surface area contributed by atoms with Gasteiger partial charge >= 0.3 is 5.97 Å². The Kier molecular flexibility index (Phi) is 14.4. The number of carboxylic acid groups (broad SMARTS) is 1. The Morgan fingerprint density at radius 1 is 0.892 bits per heavy atom. The van der Waals surface area contributed by atoms with E-state index in [-0.39, 0.29) is 12.2 Å². The molecule has 0 spiro atoms. The fraction of sp³-hybridized carbons (Fsp3) is 0.308. The minimum Gasteiger partial charge on any atom is -0.480 e. The maximum atomic E-state index is 12.3. The van der Waals surface area contributed by atoms with Crippen LogP contribution in [0.5, 0.6) is 5.75 Å². The van der Waals surface area contributed by atoms with E-state index in [4.69, 9.17) is 4.74 Å². The minimum atomic E-state index is -4.10. The number of allylic oxidation sites excluding steroid dienone is 2. The zero-order valence-corrected chi connectivity index (χ0v) is 39.0. The molecule has 1 atom stereocenters. The van der Waals surface area contributed by atoms with Crippen LogP contribution in [0.2, 0.25) is 0 Å². The number of imidazole rings is 1. The second-order valence-corrected chi connectivity index (χ2v) is 19.3. The molecule has 0 saturated heterocycles. The fourth-order valence-corrected chi connectivity index (χ4v) is 10.6. The average molecular weight is 913 g/mol. The number of anilines is 2. The summed E-state index contributed by atoms with van der Waals surface area (Å²) in [7, 11) is -4.10. The van der Waals surface area contributed by atoms with Crippen LogP contribution >= 0.6 is 11.8 Å². The molecule has 5 aromatic carbocycles. The first-order valence-electron chi connectivity index (χ1n) is 22.5. The van der Waals surface area contributed by atoms with E-state index in [1.54, 1.807) is 11.8 Å².